The highest BCUT2D eigenvalue weighted by Gasteiger charge is 2.20. The molecule has 0 aliphatic rings. The number of carbonyl (C=O) groups excluding carboxylic acids is 3. The standard InChI is InChI=1S/C31H32N4O5/c1-5-32-18-28(37)35-24-12-9-22(10-13-24)29(34-20(3)36)30-19(2)26-14-11-23(16-27(26)40-30)31(38)33-17-21-7-6-8-25(15-21)39-4/h6-16,32H,5,17-18H2,1-4H3,(H,33,38)(H,35,37). The molecule has 0 radical (unpaired) electrons. The molecule has 3 aromatic carbocycles. The highest BCUT2D eigenvalue weighted by Crippen LogP contribution is 2.29. The van der Waals surface area contributed by atoms with E-state index in [4.69, 9.17) is 9.15 Å². The molecule has 0 bridgehead atoms. The fourth-order valence-corrected chi connectivity index (χ4v) is 4.22. The molecule has 9 nitrogen and oxygen atoms in total. The van der Waals surface area contributed by atoms with Gasteiger partial charge in [0, 0.05) is 41.2 Å². The van der Waals surface area contributed by atoms with Gasteiger partial charge in [-0.25, -0.2) is 4.99 Å². The van der Waals surface area contributed by atoms with Crippen LogP contribution in [0.2, 0.25) is 0 Å². The maximum atomic E-state index is 12.9. The molecule has 40 heavy (non-hydrogen) atoms. The van der Waals surface area contributed by atoms with E-state index in [1.165, 1.54) is 6.92 Å². The second-order valence-electron chi connectivity index (χ2n) is 9.19. The van der Waals surface area contributed by atoms with Gasteiger partial charge in [0.05, 0.1) is 13.7 Å². The lowest BCUT2D eigenvalue weighted by Crippen LogP contribution is -2.27. The Morgan fingerprint density at radius 3 is 2.42 bits per heavy atom. The summed E-state index contributed by atoms with van der Waals surface area (Å²) >= 11 is 0. The van der Waals surface area contributed by atoms with Crippen molar-refractivity contribution in [1.29, 1.82) is 0 Å². The molecule has 0 saturated carbocycles. The third kappa shape index (κ3) is 6.81. The summed E-state index contributed by atoms with van der Waals surface area (Å²) in [7, 11) is 1.60. The molecule has 0 fully saturated rings. The maximum absolute atomic E-state index is 12.9. The first-order valence-electron chi connectivity index (χ1n) is 12.9. The van der Waals surface area contributed by atoms with Crippen molar-refractivity contribution in [1.82, 2.24) is 10.6 Å². The van der Waals surface area contributed by atoms with E-state index in [-0.39, 0.29) is 24.3 Å². The van der Waals surface area contributed by atoms with Crippen LogP contribution in [0.15, 0.2) is 76.1 Å². The number of nitrogens with zero attached hydrogens (tertiary/aromatic N) is 1. The van der Waals surface area contributed by atoms with Gasteiger partial charge in [0.25, 0.3) is 5.91 Å². The molecule has 0 spiro atoms. The molecule has 9 heteroatoms. The van der Waals surface area contributed by atoms with E-state index in [1.54, 1.807) is 43.5 Å². The van der Waals surface area contributed by atoms with Gasteiger partial charge < -0.3 is 25.1 Å². The molecule has 0 aliphatic heterocycles. The van der Waals surface area contributed by atoms with Gasteiger partial charge in [-0.15, -0.1) is 0 Å². The number of fused-ring (bicyclic) bond motifs is 1. The summed E-state index contributed by atoms with van der Waals surface area (Å²) in [6, 6.07) is 19.8. The third-order valence-electron chi connectivity index (χ3n) is 6.25. The van der Waals surface area contributed by atoms with Crippen LogP contribution in [0.4, 0.5) is 5.69 Å². The number of hydrogen-bond acceptors (Lipinski definition) is 6. The lowest BCUT2D eigenvalue weighted by atomic mass is 10.0. The summed E-state index contributed by atoms with van der Waals surface area (Å²) < 4.78 is 11.4. The Hall–Kier alpha value is -4.76. The number of carbonyl (C=O) groups is 3. The van der Waals surface area contributed by atoms with Crippen LogP contribution in [0, 0.1) is 6.92 Å². The molecule has 206 valence electrons. The van der Waals surface area contributed by atoms with Gasteiger partial charge >= 0.3 is 0 Å². The van der Waals surface area contributed by atoms with E-state index in [2.05, 4.69) is 20.9 Å². The van der Waals surface area contributed by atoms with E-state index >= 15 is 0 Å². The van der Waals surface area contributed by atoms with E-state index < -0.39 is 0 Å². The molecule has 1 aromatic heterocycles. The van der Waals surface area contributed by atoms with Gasteiger partial charge in [-0.05, 0) is 55.4 Å². The Bertz CT molecular complexity index is 1570. The van der Waals surface area contributed by atoms with Crippen molar-refractivity contribution >= 4 is 40.1 Å². The predicted molar refractivity (Wildman–Crippen MR) is 155 cm³/mol. The van der Waals surface area contributed by atoms with Crippen LogP contribution in [0.25, 0.3) is 11.0 Å². The van der Waals surface area contributed by atoms with Crippen molar-refractivity contribution in [3.05, 3.63) is 94.7 Å². The summed E-state index contributed by atoms with van der Waals surface area (Å²) in [5, 5.41) is 9.53. The number of likely N-dealkylation sites (N-methyl/N-ethyl adjacent to an activating group) is 1. The second kappa shape index (κ2) is 12.9. The molecule has 1 heterocycles. The largest absolute Gasteiger partial charge is 0.497 e. The SMILES string of the molecule is CCNCC(=O)Nc1ccc(C(=NC(C)=O)c2oc3cc(C(=O)NCc4cccc(OC)c4)ccc3c2C)cc1. The Labute approximate surface area is 232 Å². The summed E-state index contributed by atoms with van der Waals surface area (Å²) in [4.78, 5) is 41.2. The minimum absolute atomic E-state index is 0.149. The highest BCUT2D eigenvalue weighted by atomic mass is 16.5. The number of aryl methyl sites for hydroxylation is 1. The predicted octanol–water partition coefficient (Wildman–Crippen LogP) is 4.61. The number of amides is 3. The van der Waals surface area contributed by atoms with E-state index in [1.807, 2.05) is 44.2 Å². The van der Waals surface area contributed by atoms with Crippen LogP contribution in [0.1, 0.15) is 46.7 Å². The van der Waals surface area contributed by atoms with E-state index in [0.29, 0.717) is 47.0 Å². The van der Waals surface area contributed by atoms with Crippen LogP contribution in [-0.2, 0) is 16.1 Å². The first-order valence-corrected chi connectivity index (χ1v) is 12.9. The Kier molecular flexibility index (Phi) is 9.08. The number of rotatable bonds is 10. The van der Waals surface area contributed by atoms with Gasteiger partial charge in [-0.2, -0.15) is 0 Å². The van der Waals surface area contributed by atoms with Gasteiger partial charge in [0.2, 0.25) is 11.8 Å². The molecule has 0 aliphatic carbocycles. The number of furan rings is 1. The van der Waals surface area contributed by atoms with Crippen LogP contribution >= 0.6 is 0 Å². The Morgan fingerprint density at radius 2 is 1.73 bits per heavy atom. The molecule has 0 saturated heterocycles. The van der Waals surface area contributed by atoms with Crippen molar-refractivity contribution in [2.24, 2.45) is 4.99 Å². The van der Waals surface area contributed by atoms with Crippen LogP contribution < -0.4 is 20.7 Å². The number of benzene rings is 3. The number of ether oxygens (including phenoxy) is 1. The van der Waals surface area contributed by atoms with Crippen molar-refractivity contribution < 1.29 is 23.5 Å². The Balaban J connectivity index is 1.57. The number of methoxy groups -OCH3 is 1. The molecular weight excluding hydrogens is 508 g/mol. The van der Waals surface area contributed by atoms with Crippen LogP contribution in [-0.4, -0.2) is 43.6 Å². The summed E-state index contributed by atoms with van der Waals surface area (Å²) in [6.07, 6.45) is 0. The monoisotopic (exact) mass is 540 g/mol. The summed E-state index contributed by atoms with van der Waals surface area (Å²) in [5.74, 6) is 0.380. The van der Waals surface area contributed by atoms with Crippen LogP contribution in [0.5, 0.6) is 5.75 Å². The summed E-state index contributed by atoms with van der Waals surface area (Å²) in [6.45, 7) is 6.44. The van der Waals surface area contributed by atoms with Gasteiger partial charge in [-0.1, -0.05) is 37.3 Å². The number of anilines is 1. The first-order chi connectivity index (χ1) is 19.3. The Morgan fingerprint density at radius 1 is 0.975 bits per heavy atom. The quantitative estimate of drug-likeness (QED) is 0.253. The number of nitrogens with one attached hydrogen (secondary N) is 3. The zero-order chi connectivity index (χ0) is 28.6. The minimum atomic E-state index is -0.379. The zero-order valence-electron chi connectivity index (χ0n) is 23.0. The molecule has 4 rings (SSSR count). The lowest BCUT2D eigenvalue weighted by molar-refractivity contribution is -0.116. The van der Waals surface area contributed by atoms with Crippen molar-refractivity contribution in [3.63, 3.8) is 0 Å². The minimum Gasteiger partial charge on any atom is -0.497 e. The fraction of sp³-hybridized carbons (Fsp3) is 0.226. The molecule has 3 N–H and O–H groups in total. The lowest BCUT2D eigenvalue weighted by Gasteiger charge is -2.08. The smallest absolute Gasteiger partial charge is 0.251 e. The molecule has 0 unspecified atom stereocenters. The zero-order valence-corrected chi connectivity index (χ0v) is 23.0. The van der Waals surface area contributed by atoms with E-state index in [0.717, 1.165) is 22.3 Å². The van der Waals surface area contributed by atoms with Crippen molar-refractivity contribution in [2.75, 3.05) is 25.5 Å². The highest BCUT2D eigenvalue weighted by molar-refractivity contribution is 6.17. The van der Waals surface area contributed by atoms with Crippen molar-refractivity contribution in [3.8, 4) is 5.75 Å². The van der Waals surface area contributed by atoms with Crippen molar-refractivity contribution in [2.45, 2.75) is 27.3 Å². The van der Waals surface area contributed by atoms with Gasteiger partial charge in [0.15, 0.2) is 5.76 Å². The van der Waals surface area contributed by atoms with Gasteiger partial charge in [-0.3, -0.25) is 14.4 Å². The third-order valence-corrected chi connectivity index (χ3v) is 6.25. The average Bonchev–Trinajstić information content (AvgIpc) is 3.29. The first kappa shape index (κ1) is 28.3. The maximum Gasteiger partial charge on any atom is 0.251 e. The molecule has 3 amide bonds. The normalized spacial score (nSPS) is 11.3. The van der Waals surface area contributed by atoms with Crippen LogP contribution in [0.3, 0.4) is 0 Å². The number of hydrogen-bond donors (Lipinski definition) is 3. The molecule has 0 atom stereocenters. The average molecular weight is 541 g/mol. The van der Waals surface area contributed by atoms with Gasteiger partial charge in [0.1, 0.15) is 17.0 Å². The summed E-state index contributed by atoms with van der Waals surface area (Å²) in [5.41, 5.74) is 4.30. The molecule has 4 aromatic rings. The second-order valence-corrected chi connectivity index (χ2v) is 9.19. The fourth-order valence-electron chi connectivity index (χ4n) is 4.22. The molecular formula is C31H32N4O5. The van der Waals surface area contributed by atoms with E-state index in [9.17, 15) is 14.4 Å². The topological polar surface area (TPSA) is 122 Å². The number of aliphatic imine (C=N–C) groups is 1.